The van der Waals surface area contributed by atoms with E-state index < -0.39 is 0 Å². The van der Waals surface area contributed by atoms with Gasteiger partial charge in [-0.05, 0) is 61.9 Å². The Morgan fingerprint density at radius 3 is 2.80 bits per heavy atom. The molecule has 0 spiro atoms. The zero-order valence-electron chi connectivity index (χ0n) is 13.6. The van der Waals surface area contributed by atoms with Crippen LogP contribution in [0.5, 0.6) is 0 Å². The number of aryl methyl sites for hydroxylation is 1. The van der Waals surface area contributed by atoms with Crippen molar-refractivity contribution < 1.29 is 0 Å². The van der Waals surface area contributed by atoms with Crippen molar-refractivity contribution in [2.24, 2.45) is 5.92 Å². The Morgan fingerprint density at radius 2 is 2.15 bits per heavy atom. The van der Waals surface area contributed by atoms with E-state index in [4.69, 9.17) is 0 Å². The highest BCUT2D eigenvalue weighted by Gasteiger charge is 2.23. The predicted molar refractivity (Wildman–Crippen MR) is 88.4 cm³/mol. The number of hydrogen-bond acceptors (Lipinski definition) is 2. The van der Waals surface area contributed by atoms with Crippen molar-refractivity contribution >= 4 is 5.69 Å². The van der Waals surface area contributed by atoms with E-state index in [-0.39, 0.29) is 0 Å². The molecule has 20 heavy (non-hydrogen) atoms. The second-order valence-corrected chi connectivity index (χ2v) is 6.53. The van der Waals surface area contributed by atoms with Crippen LogP contribution in [0.15, 0.2) is 18.2 Å². The van der Waals surface area contributed by atoms with Gasteiger partial charge in [0.1, 0.15) is 0 Å². The van der Waals surface area contributed by atoms with Crippen LogP contribution in [0.25, 0.3) is 0 Å². The van der Waals surface area contributed by atoms with Crippen LogP contribution in [0, 0.1) is 12.8 Å². The minimum atomic E-state index is 0.712. The first-order valence-electron chi connectivity index (χ1n) is 8.18. The molecular weight excluding hydrogens is 244 g/mol. The average Bonchev–Trinajstić information content (AvgIpc) is 2.88. The van der Waals surface area contributed by atoms with Crippen LogP contribution in [-0.4, -0.2) is 19.1 Å². The summed E-state index contributed by atoms with van der Waals surface area (Å²) in [7, 11) is 0. The lowest BCUT2D eigenvalue weighted by molar-refractivity contribution is 0.551. The summed E-state index contributed by atoms with van der Waals surface area (Å²) in [6.45, 7) is 12.4. The van der Waals surface area contributed by atoms with Crippen molar-refractivity contribution in [3.05, 3.63) is 29.3 Å². The lowest BCUT2D eigenvalue weighted by Gasteiger charge is -2.26. The minimum absolute atomic E-state index is 0.712. The third-order valence-corrected chi connectivity index (χ3v) is 4.37. The standard InChI is InChI=1S/C18H30N2/c1-5-17-7-6-10-20(17)18-9-8-16(15(4)11-18)13-19-12-14(2)3/h8-9,11,14,17,19H,5-7,10,12-13H2,1-4H3. The molecule has 1 aliphatic heterocycles. The smallest absolute Gasteiger partial charge is 0.0371 e. The predicted octanol–water partition coefficient (Wildman–Crippen LogP) is 4.12. The summed E-state index contributed by atoms with van der Waals surface area (Å²) in [5.41, 5.74) is 4.27. The number of anilines is 1. The third-order valence-electron chi connectivity index (χ3n) is 4.37. The lowest BCUT2D eigenvalue weighted by atomic mass is 10.1. The van der Waals surface area contributed by atoms with Gasteiger partial charge in [0, 0.05) is 24.8 Å². The van der Waals surface area contributed by atoms with Crippen molar-refractivity contribution in [1.29, 1.82) is 0 Å². The Labute approximate surface area is 124 Å². The minimum Gasteiger partial charge on any atom is -0.369 e. The maximum Gasteiger partial charge on any atom is 0.0371 e. The molecule has 0 saturated carbocycles. The second kappa shape index (κ2) is 7.12. The summed E-state index contributed by atoms with van der Waals surface area (Å²) in [5.74, 6) is 0.712. The van der Waals surface area contributed by atoms with E-state index in [0.29, 0.717) is 5.92 Å². The molecule has 2 rings (SSSR count). The maximum atomic E-state index is 3.54. The molecule has 0 aliphatic carbocycles. The molecule has 112 valence electrons. The quantitative estimate of drug-likeness (QED) is 0.839. The number of hydrogen-bond donors (Lipinski definition) is 1. The number of nitrogens with one attached hydrogen (secondary N) is 1. The molecule has 1 aliphatic rings. The van der Waals surface area contributed by atoms with E-state index in [1.54, 1.807) is 0 Å². The molecular formula is C18H30N2. The highest BCUT2D eigenvalue weighted by atomic mass is 15.2. The van der Waals surface area contributed by atoms with Crippen molar-refractivity contribution in [3.8, 4) is 0 Å². The van der Waals surface area contributed by atoms with Crippen molar-refractivity contribution in [1.82, 2.24) is 5.32 Å². The Bertz CT molecular complexity index is 425. The fourth-order valence-corrected chi connectivity index (χ4v) is 3.15. The van der Waals surface area contributed by atoms with Crippen molar-refractivity contribution in [3.63, 3.8) is 0 Å². The van der Waals surface area contributed by atoms with E-state index in [1.165, 1.54) is 42.6 Å². The highest BCUT2D eigenvalue weighted by Crippen LogP contribution is 2.28. The molecule has 0 amide bonds. The molecule has 0 bridgehead atoms. The molecule has 1 atom stereocenters. The van der Waals surface area contributed by atoms with E-state index >= 15 is 0 Å². The summed E-state index contributed by atoms with van der Waals surface area (Å²) in [5, 5.41) is 3.54. The molecule has 0 radical (unpaired) electrons. The number of nitrogens with zero attached hydrogens (tertiary/aromatic N) is 1. The van der Waals surface area contributed by atoms with Gasteiger partial charge in [0.05, 0.1) is 0 Å². The average molecular weight is 274 g/mol. The molecule has 1 saturated heterocycles. The molecule has 1 aromatic carbocycles. The van der Waals surface area contributed by atoms with Crippen LogP contribution < -0.4 is 10.2 Å². The van der Waals surface area contributed by atoms with Gasteiger partial charge < -0.3 is 10.2 Å². The fourth-order valence-electron chi connectivity index (χ4n) is 3.15. The molecule has 1 aromatic rings. The van der Waals surface area contributed by atoms with Crippen molar-refractivity contribution in [2.75, 3.05) is 18.0 Å². The van der Waals surface area contributed by atoms with Gasteiger partial charge >= 0.3 is 0 Å². The van der Waals surface area contributed by atoms with Crippen molar-refractivity contribution in [2.45, 2.75) is 59.5 Å². The lowest BCUT2D eigenvalue weighted by Crippen LogP contribution is -2.28. The summed E-state index contributed by atoms with van der Waals surface area (Å²) in [6, 6.07) is 7.75. The van der Waals surface area contributed by atoms with Gasteiger partial charge in [-0.15, -0.1) is 0 Å². The van der Waals surface area contributed by atoms with Gasteiger partial charge in [0.15, 0.2) is 0 Å². The summed E-state index contributed by atoms with van der Waals surface area (Å²) in [4.78, 5) is 2.60. The number of benzene rings is 1. The monoisotopic (exact) mass is 274 g/mol. The molecule has 1 unspecified atom stereocenters. The number of rotatable bonds is 6. The van der Waals surface area contributed by atoms with Crippen LogP contribution in [-0.2, 0) is 6.54 Å². The Kier molecular flexibility index (Phi) is 5.47. The maximum absolute atomic E-state index is 3.54. The van der Waals surface area contributed by atoms with Gasteiger partial charge in [-0.3, -0.25) is 0 Å². The van der Waals surface area contributed by atoms with Crippen LogP contribution in [0.4, 0.5) is 5.69 Å². The largest absolute Gasteiger partial charge is 0.369 e. The molecule has 1 N–H and O–H groups in total. The first-order valence-corrected chi connectivity index (χ1v) is 8.18. The molecule has 2 nitrogen and oxygen atoms in total. The SMILES string of the molecule is CCC1CCCN1c1ccc(CNCC(C)C)c(C)c1. The van der Waals surface area contributed by atoms with E-state index in [0.717, 1.165) is 19.1 Å². The highest BCUT2D eigenvalue weighted by molar-refractivity contribution is 5.52. The Morgan fingerprint density at radius 1 is 1.35 bits per heavy atom. The normalized spacial score (nSPS) is 19.1. The first kappa shape index (κ1) is 15.4. The van der Waals surface area contributed by atoms with Gasteiger partial charge in [-0.1, -0.05) is 26.8 Å². The third kappa shape index (κ3) is 3.76. The molecule has 1 heterocycles. The zero-order valence-corrected chi connectivity index (χ0v) is 13.6. The summed E-state index contributed by atoms with van der Waals surface area (Å²) >= 11 is 0. The van der Waals surface area contributed by atoms with E-state index in [2.05, 4.69) is 56.1 Å². The zero-order chi connectivity index (χ0) is 14.5. The van der Waals surface area contributed by atoms with Gasteiger partial charge in [0.2, 0.25) is 0 Å². The van der Waals surface area contributed by atoms with E-state index in [9.17, 15) is 0 Å². The van der Waals surface area contributed by atoms with Gasteiger partial charge in [-0.2, -0.15) is 0 Å². The van der Waals surface area contributed by atoms with Crippen LogP contribution >= 0.6 is 0 Å². The van der Waals surface area contributed by atoms with Crippen LogP contribution in [0.2, 0.25) is 0 Å². The topological polar surface area (TPSA) is 15.3 Å². The molecule has 1 fully saturated rings. The van der Waals surface area contributed by atoms with Gasteiger partial charge in [-0.25, -0.2) is 0 Å². The fraction of sp³-hybridized carbons (Fsp3) is 0.667. The summed E-state index contributed by atoms with van der Waals surface area (Å²) < 4.78 is 0. The first-order chi connectivity index (χ1) is 9.61. The Balaban J connectivity index is 2.02. The Hall–Kier alpha value is -1.02. The molecule has 0 aromatic heterocycles. The van der Waals surface area contributed by atoms with Crippen LogP contribution in [0.1, 0.15) is 51.2 Å². The van der Waals surface area contributed by atoms with Gasteiger partial charge in [0.25, 0.3) is 0 Å². The van der Waals surface area contributed by atoms with E-state index in [1.807, 2.05) is 0 Å². The van der Waals surface area contributed by atoms with Crippen LogP contribution in [0.3, 0.4) is 0 Å². The summed E-state index contributed by atoms with van der Waals surface area (Å²) in [6.07, 6.45) is 3.96. The second-order valence-electron chi connectivity index (χ2n) is 6.53. The molecule has 2 heteroatoms.